The van der Waals surface area contributed by atoms with Crippen molar-refractivity contribution < 1.29 is 16.8 Å². The minimum absolute atomic E-state index is 0.388. The second-order valence-corrected chi connectivity index (χ2v) is 8.87. The highest BCUT2D eigenvalue weighted by molar-refractivity contribution is 7.93. The molecule has 0 aliphatic heterocycles. The smallest absolute Gasteiger partial charge is 0.213 e. The number of sulfone groups is 1. The van der Waals surface area contributed by atoms with Crippen molar-refractivity contribution in [2.75, 3.05) is 17.8 Å². The Bertz CT molecular complexity index is 637. The van der Waals surface area contributed by atoms with E-state index in [1.807, 2.05) is 12.1 Å². The summed E-state index contributed by atoms with van der Waals surface area (Å²) in [6.07, 6.45) is 1.01. The molecule has 0 bridgehead atoms. The maximum absolute atomic E-state index is 11.8. The summed E-state index contributed by atoms with van der Waals surface area (Å²) in [7, 11) is -6.93. The van der Waals surface area contributed by atoms with E-state index < -0.39 is 31.7 Å². The van der Waals surface area contributed by atoms with Crippen molar-refractivity contribution in [3.8, 4) is 0 Å². The van der Waals surface area contributed by atoms with Crippen LogP contribution in [0.25, 0.3) is 0 Å². The zero-order valence-electron chi connectivity index (χ0n) is 11.5. The highest BCUT2D eigenvalue weighted by atomic mass is 32.2. The number of sulfonamides is 1. The van der Waals surface area contributed by atoms with Gasteiger partial charge in [-0.2, -0.15) is 0 Å². The molecule has 0 spiro atoms. The molecule has 0 aromatic heterocycles. The van der Waals surface area contributed by atoms with E-state index in [-0.39, 0.29) is 5.75 Å². The molecule has 1 unspecified atom stereocenters. The molecule has 8 heteroatoms. The predicted molar refractivity (Wildman–Crippen MR) is 79.4 cm³/mol. The van der Waals surface area contributed by atoms with Crippen molar-refractivity contribution >= 4 is 19.9 Å². The van der Waals surface area contributed by atoms with E-state index in [9.17, 15) is 16.8 Å². The molecule has 0 radical (unpaired) electrons. The fourth-order valence-corrected chi connectivity index (χ4v) is 4.48. The van der Waals surface area contributed by atoms with Gasteiger partial charge in [0.25, 0.3) is 0 Å². The largest absolute Gasteiger partial charge is 0.326 e. The van der Waals surface area contributed by atoms with Gasteiger partial charge in [-0.1, -0.05) is 24.3 Å². The first-order valence-corrected chi connectivity index (χ1v) is 9.81. The number of rotatable bonds is 7. The number of nitrogens with two attached hydrogens (primary N) is 1. The summed E-state index contributed by atoms with van der Waals surface area (Å²) < 4.78 is 48.0. The van der Waals surface area contributed by atoms with Gasteiger partial charge >= 0.3 is 0 Å². The molecule has 0 saturated heterocycles. The highest BCUT2D eigenvalue weighted by Gasteiger charge is 2.18. The van der Waals surface area contributed by atoms with Gasteiger partial charge in [0.15, 0.2) is 0 Å². The van der Waals surface area contributed by atoms with E-state index in [1.54, 1.807) is 19.1 Å². The summed E-state index contributed by atoms with van der Waals surface area (Å²) in [5.41, 5.74) is 7.25. The van der Waals surface area contributed by atoms with Gasteiger partial charge in [-0.25, -0.2) is 21.6 Å². The third-order valence-electron chi connectivity index (χ3n) is 2.79. The molecule has 0 amide bonds. The lowest BCUT2D eigenvalue weighted by Crippen LogP contribution is -2.31. The summed E-state index contributed by atoms with van der Waals surface area (Å²) in [6, 6.07) is 6.83. The normalized spacial score (nSPS) is 14.2. The van der Waals surface area contributed by atoms with Crippen molar-refractivity contribution in [1.29, 1.82) is 0 Å². The molecule has 20 heavy (non-hydrogen) atoms. The third kappa shape index (κ3) is 6.00. The van der Waals surface area contributed by atoms with Gasteiger partial charge in [0.1, 0.15) is 9.84 Å². The average Bonchev–Trinajstić information content (AvgIpc) is 2.35. The minimum atomic E-state index is -3.63. The fourth-order valence-electron chi connectivity index (χ4n) is 1.60. The Morgan fingerprint density at radius 2 is 1.65 bits per heavy atom. The summed E-state index contributed by atoms with van der Waals surface area (Å²) in [4.78, 5) is 0. The van der Waals surface area contributed by atoms with Crippen LogP contribution in [0.1, 0.15) is 24.1 Å². The second-order valence-electron chi connectivity index (χ2n) is 4.73. The topological polar surface area (TPSA) is 106 Å². The lowest BCUT2D eigenvalue weighted by Gasteiger charge is -2.14. The van der Waals surface area contributed by atoms with Gasteiger partial charge in [0, 0.05) is 18.8 Å². The summed E-state index contributed by atoms with van der Waals surface area (Å²) >= 11 is 0. The lowest BCUT2D eigenvalue weighted by atomic mass is 10.1. The molecule has 6 nitrogen and oxygen atoms in total. The van der Waals surface area contributed by atoms with Gasteiger partial charge in [-0.3, -0.25) is 0 Å². The first kappa shape index (κ1) is 17.1. The van der Waals surface area contributed by atoms with Crippen LogP contribution in [0.15, 0.2) is 24.3 Å². The molecule has 1 rings (SSSR count). The lowest BCUT2D eigenvalue weighted by molar-refractivity contribution is 0.566. The molecule has 3 N–H and O–H groups in total. The molecule has 0 aliphatic rings. The van der Waals surface area contributed by atoms with Crippen LogP contribution in [-0.4, -0.2) is 34.6 Å². The maximum Gasteiger partial charge on any atom is 0.213 e. The first-order valence-electron chi connectivity index (χ1n) is 6.09. The molecule has 0 fully saturated rings. The monoisotopic (exact) mass is 320 g/mol. The Morgan fingerprint density at radius 3 is 2.10 bits per heavy atom. The molecule has 1 aromatic rings. The summed E-state index contributed by atoms with van der Waals surface area (Å²) in [6.45, 7) is 2.13. The van der Waals surface area contributed by atoms with E-state index in [0.717, 1.165) is 17.4 Å². The standard InChI is InChI=1S/C12H20N2O4S2/c1-10(12-5-3-11(9-13)4-6-12)14-20(17,18)8-7-19(2,15)16/h3-6,10,14H,7-9,13H2,1-2H3. The Labute approximate surface area is 120 Å². The van der Waals surface area contributed by atoms with E-state index in [4.69, 9.17) is 5.73 Å². The van der Waals surface area contributed by atoms with Gasteiger partial charge < -0.3 is 5.73 Å². The SMILES string of the molecule is CC(NS(=O)(=O)CCS(C)(=O)=O)c1ccc(CN)cc1. The van der Waals surface area contributed by atoms with E-state index in [1.165, 1.54) is 0 Å². The van der Waals surface area contributed by atoms with Crippen molar-refractivity contribution in [3.63, 3.8) is 0 Å². The van der Waals surface area contributed by atoms with Crippen LogP contribution in [0.5, 0.6) is 0 Å². The number of benzene rings is 1. The van der Waals surface area contributed by atoms with Crippen molar-refractivity contribution in [3.05, 3.63) is 35.4 Å². The third-order valence-corrected chi connectivity index (χ3v) is 5.45. The van der Waals surface area contributed by atoms with E-state index in [2.05, 4.69) is 4.72 Å². The Kier molecular flexibility index (Phi) is 5.69. The highest BCUT2D eigenvalue weighted by Crippen LogP contribution is 2.14. The molecule has 1 aromatic carbocycles. The van der Waals surface area contributed by atoms with Crippen LogP contribution >= 0.6 is 0 Å². The summed E-state index contributed by atoms with van der Waals surface area (Å²) in [5.74, 6) is -0.821. The van der Waals surface area contributed by atoms with Crippen LogP contribution in [0.2, 0.25) is 0 Å². The fraction of sp³-hybridized carbons (Fsp3) is 0.500. The van der Waals surface area contributed by atoms with Crippen LogP contribution in [-0.2, 0) is 26.4 Å². The zero-order valence-corrected chi connectivity index (χ0v) is 13.2. The molecule has 0 aliphatic carbocycles. The summed E-state index contributed by atoms with van der Waals surface area (Å²) in [5, 5.41) is 0. The second kappa shape index (κ2) is 6.66. The molecular weight excluding hydrogens is 300 g/mol. The maximum atomic E-state index is 11.8. The predicted octanol–water partition coefficient (Wildman–Crippen LogP) is 0.170. The Morgan fingerprint density at radius 1 is 1.10 bits per heavy atom. The Hall–Kier alpha value is -0.960. The molecule has 114 valence electrons. The van der Waals surface area contributed by atoms with Gasteiger partial charge in [0.2, 0.25) is 10.0 Å². The van der Waals surface area contributed by atoms with Crippen molar-refractivity contribution in [2.24, 2.45) is 5.73 Å². The van der Waals surface area contributed by atoms with Gasteiger partial charge in [-0.05, 0) is 18.1 Å². The van der Waals surface area contributed by atoms with Crippen LogP contribution < -0.4 is 10.5 Å². The van der Waals surface area contributed by atoms with Gasteiger partial charge in [-0.15, -0.1) is 0 Å². The number of hydrogen-bond donors (Lipinski definition) is 2. The van der Waals surface area contributed by atoms with E-state index >= 15 is 0 Å². The molecule has 0 heterocycles. The molecular formula is C12H20N2O4S2. The number of hydrogen-bond acceptors (Lipinski definition) is 5. The zero-order chi connectivity index (χ0) is 15.4. The average molecular weight is 320 g/mol. The van der Waals surface area contributed by atoms with Crippen LogP contribution in [0, 0.1) is 0 Å². The van der Waals surface area contributed by atoms with E-state index in [0.29, 0.717) is 6.54 Å². The van der Waals surface area contributed by atoms with Crippen molar-refractivity contribution in [1.82, 2.24) is 4.72 Å². The first-order chi connectivity index (χ1) is 9.13. The molecule has 1 atom stereocenters. The van der Waals surface area contributed by atoms with Crippen LogP contribution in [0.3, 0.4) is 0 Å². The quantitative estimate of drug-likeness (QED) is 0.745. The van der Waals surface area contributed by atoms with Crippen molar-refractivity contribution in [2.45, 2.75) is 19.5 Å². The number of nitrogens with one attached hydrogen (secondary N) is 1. The van der Waals surface area contributed by atoms with Gasteiger partial charge in [0.05, 0.1) is 11.5 Å². The Balaban J connectivity index is 2.70. The minimum Gasteiger partial charge on any atom is -0.326 e. The molecule has 0 saturated carbocycles. The van der Waals surface area contributed by atoms with Crippen LogP contribution in [0.4, 0.5) is 0 Å².